The Morgan fingerprint density at radius 3 is 2.61 bits per heavy atom. The third kappa shape index (κ3) is 3.05. The van der Waals surface area contributed by atoms with Crippen LogP contribution in [0.5, 0.6) is 0 Å². The highest BCUT2D eigenvalue weighted by Crippen LogP contribution is 2.33. The lowest BCUT2D eigenvalue weighted by atomic mass is 10.3. The number of rotatable bonds is 5. The molecule has 0 spiro atoms. The minimum Gasteiger partial charge on any atom is -0.445 e. The molecule has 0 fully saturated rings. The second-order valence-corrected chi connectivity index (χ2v) is 7.66. The molecule has 3 aromatic heterocycles. The number of nitrogens with zero attached hydrogens (tertiary/aromatic N) is 7. The first-order valence-corrected chi connectivity index (χ1v) is 9.57. The monoisotopic (exact) mass is 397 g/mol. The summed E-state index contributed by atoms with van der Waals surface area (Å²) in [5.74, 6) is 1.33. The Kier molecular flexibility index (Phi) is 4.63. The van der Waals surface area contributed by atoms with Crippen LogP contribution in [-0.4, -0.2) is 34.6 Å². The fourth-order valence-corrected chi connectivity index (χ4v) is 3.80. The van der Waals surface area contributed by atoms with Crippen LogP contribution < -0.4 is 5.56 Å². The summed E-state index contributed by atoms with van der Waals surface area (Å²) in [6, 6.07) is 9.46. The molecule has 1 unspecified atom stereocenters. The number of para-hydroxylation sites is 1. The second-order valence-electron chi connectivity index (χ2n) is 6.35. The topological polar surface area (TPSA) is 96.6 Å². The molecule has 0 aliphatic rings. The van der Waals surface area contributed by atoms with E-state index in [-0.39, 0.29) is 10.8 Å². The van der Waals surface area contributed by atoms with E-state index in [9.17, 15) is 4.79 Å². The molecule has 4 rings (SSSR count). The molecule has 1 atom stereocenters. The molecule has 0 bridgehead atoms. The van der Waals surface area contributed by atoms with E-state index in [2.05, 4.69) is 20.5 Å². The zero-order valence-corrected chi connectivity index (χ0v) is 16.7. The maximum absolute atomic E-state index is 13.2. The molecule has 28 heavy (non-hydrogen) atoms. The van der Waals surface area contributed by atoms with Crippen molar-refractivity contribution in [1.29, 1.82) is 0 Å². The van der Waals surface area contributed by atoms with Gasteiger partial charge in [0, 0.05) is 7.05 Å². The van der Waals surface area contributed by atoms with E-state index in [1.54, 1.807) is 15.6 Å². The van der Waals surface area contributed by atoms with Crippen molar-refractivity contribution in [3.63, 3.8) is 0 Å². The van der Waals surface area contributed by atoms with Crippen LogP contribution in [0, 0.1) is 13.8 Å². The number of oxazole rings is 1. The summed E-state index contributed by atoms with van der Waals surface area (Å²) >= 11 is 1.38. The first-order valence-electron chi connectivity index (χ1n) is 8.69. The van der Waals surface area contributed by atoms with Gasteiger partial charge in [-0.2, -0.15) is 4.68 Å². The van der Waals surface area contributed by atoms with Gasteiger partial charge in [-0.1, -0.05) is 30.0 Å². The van der Waals surface area contributed by atoms with Gasteiger partial charge in [-0.05, 0) is 43.3 Å². The summed E-state index contributed by atoms with van der Waals surface area (Å²) in [5.41, 5.74) is 1.74. The molecule has 0 saturated carbocycles. The molecule has 0 N–H and O–H groups in total. The number of aryl methyl sites for hydroxylation is 1. The third-order valence-corrected chi connectivity index (χ3v) is 5.47. The molecule has 0 radical (unpaired) electrons. The Morgan fingerprint density at radius 2 is 1.93 bits per heavy atom. The summed E-state index contributed by atoms with van der Waals surface area (Å²) in [7, 11) is 1.84. The molecule has 0 aliphatic heterocycles. The van der Waals surface area contributed by atoms with E-state index in [4.69, 9.17) is 4.42 Å². The largest absolute Gasteiger partial charge is 0.445 e. The predicted molar refractivity (Wildman–Crippen MR) is 104 cm³/mol. The van der Waals surface area contributed by atoms with Crippen LogP contribution in [0.1, 0.15) is 29.5 Å². The smallest absolute Gasteiger partial charge is 0.297 e. The van der Waals surface area contributed by atoms with Gasteiger partial charge in [0.2, 0.25) is 11.0 Å². The van der Waals surface area contributed by atoms with Crippen molar-refractivity contribution in [2.45, 2.75) is 31.2 Å². The number of thioether (sulfide) groups is 1. The lowest BCUT2D eigenvalue weighted by Gasteiger charge is -2.07. The molecular formula is C18H19N7O2S. The van der Waals surface area contributed by atoms with Gasteiger partial charge < -0.3 is 4.42 Å². The highest BCUT2D eigenvalue weighted by atomic mass is 32.2. The molecule has 0 saturated heterocycles. The maximum Gasteiger partial charge on any atom is 0.297 e. The van der Waals surface area contributed by atoms with Crippen molar-refractivity contribution >= 4 is 11.8 Å². The average Bonchev–Trinajstić information content (AvgIpc) is 3.36. The van der Waals surface area contributed by atoms with E-state index in [1.165, 1.54) is 16.4 Å². The molecule has 4 aromatic rings. The van der Waals surface area contributed by atoms with Crippen LogP contribution in [0.2, 0.25) is 0 Å². The Bertz CT molecular complexity index is 1170. The van der Waals surface area contributed by atoms with Crippen molar-refractivity contribution in [3.8, 4) is 11.4 Å². The van der Waals surface area contributed by atoms with E-state index < -0.39 is 0 Å². The van der Waals surface area contributed by atoms with Gasteiger partial charge in [-0.3, -0.25) is 9.48 Å². The summed E-state index contributed by atoms with van der Waals surface area (Å²) in [4.78, 5) is 17.5. The van der Waals surface area contributed by atoms with Crippen LogP contribution in [0.4, 0.5) is 0 Å². The van der Waals surface area contributed by atoms with Crippen molar-refractivity contribution in [2.75, 3.05) is 0 Å². The molecule has 1 aromatic carbocycles. The highest BCUT2D eigenvalue weighted by Gasteiger charge is 2.24. The van der Waals surface area contributed by atoms with Gasteiger partial charge in [0.15, 0.2) is 5.69 Å². The van der Waals surface area contributed by atoms with Gasteiger partial charge in [-0.15, -0.1) is 5.10 Å². The zero-order chi connectivity index (χ0) is 19.8. The molecule has 0 amide bonds. The Morgan fingerprint density at radius 1 is 1.18 bits per heavy atom. The van der Waals surface area contributed by atoms with Gasteiger partial charge in [0.25, 0.3) is 5.56 Å². The number of hydrogen-bond acceptors (Lipinski definition) is 7. The summed E-state index contributed by atoms with van der Waals surface area (Å²) in [6.45, 7) is 5.67. The van der Waals surface area contributed by atoms with Gasteiger partial charge in [-0.25, -0.2) is 9.67 Å². The van der Waals surface area contributed by atoms with Gasteiger partial charge in [0.05, 0.1) is 22.8 Å². The number of aromatic nitrogens is 7. The maximum atomic E-state index is 13.2. The normalized spacial score (nSPS) is 12.4. The third-order valence-electron chi connectivity index (χ3n) is 4.45. The first kappa shape index (κ1) is 18.2. The van der Waals surface area contributed by atoms with Gasteiger partial charge in [0.1, 0.15) is 5.76 Å². The van der Waals surface area contributed by atoms with Crippen LogP contribution in [-0.2, 0) is 7.05 Å². The lowest BCUT2D eigenvalue weighted by Crippen LogP contribution is -2.22. The summed E-state index contributed by atoms with van der Waals surface area (Å²) in [5, 5.41) is 12.3. The fourth-order valence-electron chi connectivity index (χ4n) is 2.96. The molecular weight excluding hydrogens is 378 g/mol. The minimum atomic E-state index is -0.194. The standard InChI is InChI=1S/C18H19N7O2S/c1-11-10-19-16(27-11)13(3)28-18-20-21-22-24(18)15-12(2)23(4)25(17(15)26)14-8-6-5-7-9-14/h5-10,13H,1-4H3. The Balaban J connectivity index is 1.76. The molecule has 0 aliphatic carbocycles. The number of benzene rings is 1. The van der Waals surface area contributed by atoms with Crippen molar-refractivity contribution < 1.29 is 4.42 Å². The zero-order valence-electron chi connectivity index (χ0n) is 15.9. The molecule has 10 heteroatoms. The molecule has 3 heterocycles. The van der Waals surface area contributed by atoms with Crippen LogP contribution in [0.15, 0.2) is 50.9 Å². The lowest BCUT2D eigenvalue weighted by molar-refractivity contribution is 0.473. The Hall–Kier alpha value is -3.14. The van der Waals surface area contributed by atoms with Crippen molar-refractivity contribution in [2.24, 2.45) is 7.05 Å². The van der Waals surface area contributed by atoms with E-state index in [1.807, 2.05) is 58.2 Å². The molecule has 144 valence electrons. The van der Waals surface area contributed by atoms with E-state index in [0.29, 0.717) is 16.7 Å². The Labute approximate surface area is 165 Å². The fraction of sp³-hybridized carbons (Fsp3) is 0.278. The highest BCUT2D eigenvalue weighted by molar-refractivity contribution is 7.99. The second kappa shape index (κ2) is 7.12. The number of hydrogen-bond donors (Lipinski definition) is 0. The predicted octanol–water partition coefficient (Wildman–Crippen LogP) is 2.61. The van der Waals surface area contributed by atoms with Crippen LogP contribution in [0.25, 0.3) is 11.4 Å². The van der Waals surface area contributed by atoms with Crippen molar-refractivity contribution in [3.05, 3.63) is 64.2 Å². The van der Waals surface area contributed by atoms with Crippen LogP contribution >= 0.6 is 11.8 Å². The van der Waals surface area contributed by atoms with E-state index >= 15 is 0 Å². The minimum absolute atomic E-state index is 0.112. The van der Waals surface area contributed by atoms with Gasteiger partial charge >= 0.3 is 0 Å². The quantitative estimate of drug-likeness (QED) is 0.478. The van der Waals surface area contributed by atoms with Crippen LogP contribution in [0.3, 0.4) is 0 Å². The first-order chi connectivity index (χ1) is 13.5. The van der Waals surface area contributed by atoms with Crippen molar-refractivity contribution in [1.82, 2.24) is 34.6 Å². The van der Waals surface area contributed by atoms with E-state index in [0.717, 1.165) is 17.1 Å². The SMILES string of the molecule is Cc1cnc(C(C)Sc2nnnn2-c2c(C)n(C)n(-c3ccccc3)c2=O)o1. The summed E-state index contributed by atoms with van der Waals surface area (Å²) in [6.07, 6.45) is 1.68. The summed E-state index contributed by atoms with van der Waals surface area (Å²) < 4.78 is 10.5. The average molecular weight is 397 g/mol. The molecule has 9 nitrogen and oxygen atoms in total. The number of tetrazole rings is 1.